The Morgan fingerprint density at radius 1 is 1.18 bits per heavy atom. The standard InChI is InChI=1S/C21H28N2O4S/c1-2-3-10-4-7-13-14(8-10)28-20(17(13)18(22)24)23-19(25)15-11-5-6-12(9-11)16(15)21(26)27/h10-12,15-16H,2-9H2,1H3,(H2,22,24)(H,23,25)(H,26,27)/t10-,11-,12+,15+,16+/m1/s1. The number of anilines is 1. The number of amides is 2. The van der Waals surface area contributed by atoms with Gasteiger partial charge in [-0.1, -0.05) is 19.8 Å². The number of nitrogens with one attached hydrogen (secondary N) is 1. The van der Waals surface area contributed by atoms with Gasteiger partial charge in [-0.15, -0.1) is 11.3 Å². The van der Waals surface area contributed by atoms with Crippen LogP contribution in [0.15, 0.2) is 0 Å². The minimum atomic E-state index is -0.879. The van der Waals surface area contributed by atoms with E-state index in [-0.39, 0.29) is 17.7 Å². The molecule has 3 aliphatic carbocycles. The third kappa shape index (κ3) is 3.23. The first-order valence-corrected chi connectivity index (χ1v) is 11.2. The largest absolute Gasteiger partial charge is 0.481 e. The van der Waals surface area contributed by atoms with E-state index in [2.05, 4.69) is 12.2 Å². The van der Waals surface area contributed by atoms with Crippen LogP contribution in [-0.2, 0) is 22.4 Å². The van der Waals surface area contributed by atoms with Gasteiger partial charge in [0.2, 0.25) is 5.91 Å². The smallest absolute Gasteiger partial charge is 0.307 e. The van der Waals surface area contributed by atoms with Crippen LogP contribution in [0.2, 0.25) is 0 Å². The van der Waals surface area contributed by atoms with Gasteiger partial charge in [-0.25, -0.2) is 0 Å². The van der Waals surface area contributed by atoms with Crippen molar-refractivity contribution in [2.45, 2.75) is 58.3 Å². The van der Waals surface area contributed by atoms with Crippen molar-refractivity contribution in [2.24, 2.45) is 35.3 Å². The number of fused-ring (bicyclic) bond motifs is 3. The summed E-state index contributed by atoms with van der Waals surface area (Å²) >= 11 is 1.46. The van der Waals surface area contributed by atoms with Crippen LogP contribution in [-0.4, -0.2) is 22.9 Å². The second-order valence-electron chi connectivity index (χ2n) is 8.68. The van der Waals surface area contributed by atoms with Crippen LogP contribution in [0.4, 0.5) is 5.00 Å². The molecule has 1 heterocycles. The summed E-state index contributed by atoms with van der Waals surface area (Å²) in [7, 11) is 0. The van der Waals surface area contributed by atoms with Crippen molar-refractivity contribution in [3.8, 4) is 0 Å². The maximum Gasteiger partial charge on any atom is 0.307 e. The number of carboxylic acids is 1. The van der Waals surface area contributed by atoms with Crippen molar-refractivity contribution in [3.63, 3.8) is 0 Å². The maximum absolute atomic E-state index is 13.1. The normalized spacial score (nSPS) is 30.8. The Labute approximate surface area is 168 Å². The fourth-order valence-electron chi connectivity index (χ4n) is 5.88. The van der Waals surface area contributed by atoms with E-state index < -0.39 is 23.7 Å². The summed E-state index contributed by atoms with van der Waals surface area (Å²) in [5.41, 5.74) is 7.10. The van der Waals surface area contributed by atoms with Crippen LogP contribution in [0.25, 0.3) is 0 Å². The molecule has 0 aromatic carbocycles. The molecule has 1 aromatic rings. The van der Waals surface area contributed by atoms with E-state index in [0.717, 1.165) is 61.8 Å². The van der Waals surface area contributed by atoms with Gasteiger partial charge in [-0.2, -0.15) is 0 Å². The Balaban J connectivity index is 1.59. The summed E-state index contributed by atoms with van der Waals surface area (Å²) < 4.78 is 0. The first kappa shape index (κ1) is 19.4. The maximum atomic E-state index is 13.1. The first-order valence-electron chi connectivity index (χ1n) is 10.4. The number of aliphatic carboxylic acids is 1. The van der Waals surface area contributed by atoms with Crippen molar-refractivity contribution >= 4 is 34.1 Å². The lowest BCUT2D eigenvalue weighted by molar-refractivity contribution is -0.148. The number of hydrogen-bond donors (Lipinski definition) is 3. The van der Waals surface area contributed by atoms with Gasteiger partial charge in [-0.3, -0.25) is 14.4 Å². The molecule has 0 unspecified atom stereocenters. The number of primary amides is 1. The van der Waals surface area contributed by atoms with E-state index in [1.807, 2.05) is 0 Å². The summed E-state index contributed by atoms with van der Waals surface area (Å²) in [4.78, 5) is 38.1. The molecule has 5 atom stereocenters. The number of carbonyl (C=O) groups is 3. The van der Waals surface area contributed by atoms with Gasteiger partial charge in [-0.05, 0) is 61.8 Å². The average molecular weight is 405 g/mol. The quantitative estimate of drug-likeness (QED) is 0.674. The second kappa shape index (κ2) is 7.50. The Morgan fingerprint density at radius 2 is 1.89 bits per heavy atom. The molecule has 2 saturated carbocycles. The number of rotatable bonds is 6. The van der Waals surface area contributed by atoms with Crippen molar-refractivity contribution in [1.82, 2.24) is 0 Å². The average Bonchev–Trinajstić information content (AvgIpc) is 3.33. The summed E-state index contributed by atoms with van der Waals surface area (Å²) in [6.45, 7) is 2.18. The minimum absolute atomic E-state index is 0.0974. The molecule has 0 saturated heterocycles. The number of thiophene rings is 1. The fraction of sp³-hybridized carbons (Fsp3) is 0.667. The minimum Gasteiger partial charge on any atom is -0.481 e. The summed E-state index contributed by atoms with van der Waals surface area (Å²) in [6, 6.07) is 0. The molecule has 152 valence electrons. The lowest BCUT2D eigenvalue weighted by Gasteiger charge is -2.26. The van der Waals surface area contributed by atoms with Gasteiger partial charge >= 0.3 is 5.97 Å². The second-order valence-corrected chi connectivity index (χ2v) is 9.79. The van der Waals surface area contributed by atoms with Gasteiger partial charge in [0.25, 0.3) is 5.91 Å². The number of carbonyl (C=O) groups excluding carboxylic acids is 2. The molecule has 0 aliphatic heterocycles. The number of nitrogens with two attached hydrogens (primary N) is 1. The number of hydrogen-bond acceptors (Lipinski definition) is 4. The molecule has 3 aliphatic rings. The Kier molecular flexibility index (Phi) is 5.21. The molecule has 2 fully saturated rings. The van der Waals surface area contributed by atoms with E-state index >= 15 is 0 Å². The summed E-state index contributed by atoms with van der Waals surface area (Å²) in [5.74, 6) is -1.93. The van der Waals surface area contributed by atoms with Gasteiger partial charge in [0.05, 0.1) is 17.4 Å². The molecule has 6 nitrogen and oxygen atoms in total. The van der Waals surface area contributed by atoms with E-state index in [1.165, 1.54) is 11.3 Å². The summed E-state index contributed by atoms with van der Waals surface area (Å²) in [6.07, 6.45) is 7.70. The number of carboxylic acid groups (broad SMARTS) is 1. The molecule has 0 spiro atoms. The van der Waals surface area contributed by atoms with Gasteiger partial charge in [0, 0.05) is 4.88 Å². The molecule has 4 rings (SSSR count). The third-order valence-electron chi connectivity index (χ3n) is 7.05. The highest BCUT2D eigenvalue weighted by molar-refractivity contribution is 7.17. The molecule has 1 aromatic heterocycles. The molecule has 0 radical (unpaired) electrons. The first-order chi connectivity index (χ1) is 13.4. The predicted molar refractivity (Wildman–Crippen MR) is 107 cm³/mol. The Hall–Kier alpha value is -1.89. The highest BCUT2D eigenvalue weighted by Gasteiger charge is 2.54. The lowest BCUT2D eigenvalue weighted by atomic mass is 9.78. The van der Waals surface area contributed by atoms with Crippen molar-refractivity contribution in [1.29, 1.82) is 0 Å². The van der Waals surface area contributed by atoms with E-state index in [0.29, 0.717) is 16.5 Å². The van der Waals surface area contributed by atoms with Crippen molar-refractivity contribution in [3.05, 3.63) is 16.0 Å². The van der Waals surface area contributed by atoms with Gasteiger partial charge < -0.3 is 16.2 Å². The van der Waals surface area contributed by atoms with E-state index in [9.17, 15) is 19.5 Å². The SMILES string of the molecule is CCC[C@@H]1CCc2c(sc(NC(=O)[C@H]3[C@@H]4CC[C@@H](C4)[C@@H]3C(=O)O)c2C(N)=O)C1. The van der Waals surface area contributed by atoms with Crippen LogP contribution in [0.1, 0.15) is 66.2 Å². The molecule has 2 amide bonds. The molecule has 2 bridgehead atoms. The lowest BCUT2D eigenvalue weighted by Crippen LogP contribution is -2.38. The van der Waals surface area contributed by atoms with Crippen LogP contribution in [0.5, 0.6) is 0 Å². The zero-order chi connectivity index (χ0) is 20.0. The van der Waals surface area contributed by atoms with Crippen molar-refractivity contribution < 1.29 is 19.5 Å². The fourth-order valence-corrected chi connectivity index (χ4v) is 7.25. The zero-order valence-electron chi connectivity index (χ0n) is 16.2. The van der Waals surface area contributed by atoms with Crippen molar-refractivity contribution in [2.75, 3.05) is 5.32 Å². The summed E-state index contributed by atoms with van der Waals surface area (Å²) in [5, 5.41) is 13.1. The molecule has 7 heteroatoms. The van der Waals surface area contributed by atoms with Crippen LogP contribution in [0.3, 0.4) is 0 Å². The molecule has 28 heavy (non-hydrogen) atoms. The monoisotopic (exact) mass is 404 g/mol. The highest BCUT2D eigenvalue weighted by atomic mass is 32.1. The van der Waals surface area contributed by atoms with E-state index in [4.69, 9.17) is 5.73 Å². The van der Waals surface area contributed by atoms with Crippen LogP contribution in [0, 0.1) is 29.6 Å². The van der Waals surface area contributed by atoms with Gasteiger partial charge in [0.15, 0.2) is 0 Å². The third-order valence-corrected chi connectivity index (χ3v) is 8.22. The molecular formula is C21H28N2O4S. The predicted octanol–water partition coefficient (Wildman–Crippen LogP) is 3.44. The molecular weight excluding hydrogens is 376 g/mol. The Morgan fingerprint density at radius 3 is 2.54 bits per heavy atom. The van der Waals surface area contributed by atoms with Crippen LogP contribution >= 0.6 is 11.3 Å². The van der Waals surface area contributed by atoms with Crippen LogP contribution < -0.4 is 11.1 Å². The molecule has 4 N–H and O–H groups in total. The highest BCUT2D eigenvalue weighted by Crippen LogP contribution is 2.53. The van der Waals surface area contributed by atoms with Gasteiger partial charge in [0.1, 0.15) is 5.00 Å². The van der Waals surface area contributed by atoms with E-state index in [1.54, 1.807) is 0 Å². The topological polar surface area (TPSA) is 109 Å². The zero-order valence-corrected chi connectivity index (χ0v) is 17.0. The Bertz CT molecular complexity index is 818.